The highest BCUT2D eigenvalue weighted by Crippen LogP contribution is 2.06. The Balaban J connectivity index is 1.94. The monoisotopic (exact) mass is 212 g/mol. The van der Waals surface area contributed by atoms with E-state index in [1.165, 1.54) is 6.07 Å². The smallest absolute Gasteiger partial charge is 0.379 e. The van der Waals surface area contributed by atoms with E-state index in [0.717, 1.165) is 13.1 Å². The second-order valence-corrected chi connectivity index (χ2v) is 3.34. The van der Waals surface area contributed by atoms with Crippen molar-refractivity contribution in [3.63, 3.8) is 0 Å². The molecule has 15 heavy (non-hydrogen) atoms. The molecule has 0 bridgehead atoms. The molecule has 0 aromatic carbocycles. The molecule has 0 N–H and O–H groups in total. The van der Waals surface area contributed by atoms with E-state index >= 15 is 0 Å². The van der Waals surface area contributed by atoms with Crippen LogP contribution in [0.2, 0.25) is 0 Å². The van der Waals surface area contributed by atoms with Crippen LogP contribution in [0.15, 0.2) is 12.3 Å². The van der Waals surface area contributed by atoms with Gasteiger partial charge in [-0.3, -0.25) is 4.90 Å². The molecule has 0 unspecified atom stereocenters. The van der Waals surface area contributed by atoms with E-state index in [9.17, 15) is 10.1 Å². The van der Waals surface area contributed by atoms with E-state index in [1.807, 2.05) is 0 Å². The normalized spacial score (nSPS) is 17.9. The molecule has 0 aliphatic carbocycles. The van der Waals surface area contributed by atoms with Gasteiger partial charge in [0.05, 0.1) is 30.6 Å². The quantitative estimate of drug-likeness (QED) is 0.524. The van der Waals surface area contributed by atoms with E-state index in [2.05, 4.69) is 10.00 Å². The van der Waals surface area contributed by atoms with Crippen molar-refractivity contribution in [2.75, 3.05) is 26.3 Å². The zero-order valence-electron chi connectivity index (χ0n) is 8.20. The minimum Gasteiger partial charge on any atom is -0.379 e. The van der Waals surface area contributed by atoms with Gasteiger partial charge in [0.25, 0.3) is 0 Å². The molecule has 0 radical (unpaired) electrons. The Hall–Kier alpha value is -1.47. The van der Waals surface area contributed by atoms with Crippen LogP contribution in [0.3, 0.4) is 0 Å². The van der Waals surface area contributed by atoms with Crippen molar-refractivity contribution in [1.29, 1.82) is 0 Å². The van der Waals surface area contributed by atoms with Gasteiger partial charge in [0.2, 0.25) is 0 Å². The molecule has 2 heterocycles. The maximum Gasteiger partial charge on any atom is 0.389 e. The number of nitro groups is 1. The van der Waals surface area contributed by atoms with E-state index in [-0.39, 0.29) is 5.82 Å². The topological polar surface area (TPSA) is 73.4 Å². The number of aromatic nitrogens is 2. The molecule has 1 aliphatic rings. The molecule has 82 valence electrons. The number of morpholine rings is 1. The van der Waals surface area contributed by atoms with Crippen molar-refractivity contribution in [2.24, 2.45) is 0 Å². The Kier molecular flexibility index (Phi) is 2.93. The maximum absolute atomic E-state index is 10.4. The molecule has 0 spiro atoms. The second kappa shape index (κ2) is 4.37. The Morgan fingerprint density at radius 1 is 1.53 bits per heavy atom. The first kappa shape index (κ1) is 10.1. The maximum atomic E-state index is 10.4. The third-order valence-electron chi connectivity index (χ3n) is 2.26. The lowest BCUT2D eigenvalue weighted by molar-refractivity contribution is -0.389. The highest BCUT2D eigenvalue weighted by atomic mass is 16.6. The van der Waals surface area contributed by atoms with Gasteiger partial charge in [0.15, 0.2) is 0 Å². The van der Waals surface area contributed by atoms with Crippen LogP contribution in [0, 0.1) is 10.1 Å². The third-order valence-corrected chi connectivity index (χ3v) is 2.26. The van der Waals surface area contributed by atoms with Crippen molar-refractivity contribution in [3.05, 3.63) is 22.4 Å². The van der Waals surface area contributed by atoms with Gasteiger partial charge in [-0.15, -0.1) is 0 Å². The van der Waals surface area contributed by atoms with Crippen molar-refractivity contribution in [3.8, 4) is 0 Å². The molecule has 1 aliphatic heterocycles. The van der Waals surface area contributed by atoms with Gasteiger partial charge in [0, 0.05) is 13.1 Å². The fraction of sp³-hybridized carbons (Fsp3) is 0.625. The van der Waals surface area contributed by atoms with Crippen molar-refractivity contribution < 1.29 is 9.66 Å². The molecule has 1 aromatic rings. The number of nitrogens with zero attached hydrogens (tertiary/aromatic N) is 4. The molecule has 7 heteroatoms. The van der Waals surface area contributed by atoms with Gasteiger partial charge in [0.1, 0.15) is 6.67 Å². The van der Waals surface area contributed by atoms with Gasteiger partial charge < -0.3 is 14.9 Å². The van der Waals surface area contributed by atoms with Crippen LogP contribution in [0.25, 0.3) is 0 Å². The summed E-state index contributed by atoms with van der Waals surface area (Å²) in [6.07, 6.45) is 1.62. The average molecular weight is 212 g/mol. The minimum absolute atomic E-state index is 0.108. The van der Waals surface area contributed by atoms with Gasteiger partial charge in [-0.05, 0) is 4.92 Å². The van der Waals surface area contributed by atoms with Crippen molar-refractivity contribution in [2.45, 2.75) is 6.67 Å². The highest BCUT2D eigenvalue weighted by Gasteiger charge is 2.15. The van der Waals surface area contributed by atoms with E-state index < -0.39 is 4.92 Å². The van der Waals surface area contributed by atoms with Crippen LogP contribution in [-0.2, 0) is 11.4 Å². The standard InChI is InChI=1S/C8H12N4O3/c13-12(14)8-1-2-11(9-8)7-10-3-5-15-6-4-10/h1-2H,3-7H2. The first-order valence-corrected chi connectivity index (χ1v) is 4.73. The number of rotatable bonds is 3. The van der Waals surface area contributed by atoms with Crippen molar-refractivity contribution in [1.82, 2.24) is 14.7 Å². The van der Waals surface area contributed by atoms with E-state index in [4.69, 9.17) is 4.74 Å². The minimum atomic E-state index is -0.490. The summed E-state index contributed by atoms with van der Waals surface area (Å²) in [7, 11) is 0. The molecule has 0 atom stereocenters. The summed E-state index contributed by atoms with van der Waals surface area (Å²) in [6.45, 7) is 3.69. The Morgan fingerprint density at radius 2 is 2.27 bits per heavy atom. The number of hydrogen-bond donors (Lipinski definition) is 0. The largest absolute Gasteiger partial charge is 0.389 e. The van der Waals surface area contributed by atoms with Crippen molar-refractivity contribution >= 4 is 5.82 Å². The molecule has 1 aromatic heterocycles. The fourth-order valence-electron chi connectivity index (χ4n) is 1.47. The van der Waals surface area contributed by atoms with Crippen LogP contribution in [-0.4, -0.2) is 45.9 Å². The van der Waals surface area contributed by atoms with Crippen LogP contribution in [0.5, 0.6) is 0 Å². The van der Waals surface area contributed by atoms with Gasteiger partial charge in [-0.2, -0.15) is 4.68 Å². The highest BCUT2D eigenvalue weighted by molar-refractivity contribution is 5.13. The molecule has 2 rings (SSSR count). The molecule has 0 amide bonds. The van der Waals surface area contributed by atoms with Gasteiger partial charge in [-0.25, -0.2) is 0 Å². The molecular weight excluding hydrogens is 200 g/mol. The average Bonchev–Trinajstić information content (AvgIpc) is 2.68. The van der Waals surface area contributed by atoms with Gasteiger partial charge in [-0.1, -0.05) is 0 Å². The predicted octanol–water partition coefficient (Wildman–Crippen LogP) is 0.0810. The summed E-state index contributed by atoms with van der Waals surface area (Å²) in [5.41, 5.74) is 0. The van der Waals surface area contributed by atoms with Gasteiger partial charge >= 0.3 is 5.82 Å². The molecule has 1 fully saturated rings. The summed E-state index contributed by atoms with van der Waals surface area (Å²) in [6, 6.07) is 1.40. The second-order valence-electron chi connectivity index (χ2n) is 3.34. The molecule has 0 saturated carbocycles. The lowest BCUT2D eigenvalue weighted by Gasteiger charge is -2.25. The summed E-state index contributed by atoms with van der Waals surface area (Å²) < 4.78 is 6.77. The first-order valence-electron chi connectivity index (χ1n) is 4.73. The zero-order chi connectivity index (χ0) is 10.7. The predicted molar refractivity (Wildman–Crippen MR) is 51.3 cm³/mol. The summed E-state index contributed by atoms with van der Waals surface area (Å²) in [5, 5.41) is 14.2. The Labute approximate surface area is 86.4 Å². The first-order chi connectivity index (χ1) is 7.25. The Morgan fingerprint density at radius 3 is 2.87 bits per heavy atom. The SMILES string of the molecule is O=[N+]([O-])c1ccn(CN2CCOCC2)n1. The van der Waals surface area contributed by atoms with Crippen LogP contribution < -0.4 is 0 Å². The molecule has 7 nitrogen and oxygen atoms in total. The van der Waals surface area contributed by atoms with Crippen LogP contribution in [0.1, 0.15) is 0 Å². The fourth-order valence-corrected chi connectivity index (χ4v) is 1.47. The summed E-state index contributed by atoms with van der Waals surface area (Å²) in [5.74, 6) is -0.108. The Bertz CT molecular complexity index is 345. The molecule has 1 saturated heterocycles. The van der Waals surface area contributed by atoms with Crippen LogP contribution in [0.4, 0.5) is 5.82 Å². The van der Waals surface area contributed by atoms with E-state index in [0.29, 0.717) is 19.9 Å². The number of hydrogen-bond acceptors (Lipinski definition) is 5. The lowest BCUT2D eigenvalue weighted by Crippen LogP contribution is -2.37. The summed E-state index contributed by atoms with van der Waals surface area (Å²) >= 11 is 0. The third kappa shape index (κ3) is 2.51. The summed E-state index contributed by atoms with van der Waals surface area (Å²) in [4.78, 5) is 12.1. The molecular formula is C8H12N4O3. The van der Waals surface area contributed by atoms with Crippen LogP contribution >= 0.6 is 0 Å². The zero-order valence-corrected chi connectivity index (χ0v) is 8.20. The lowest BCUT2D eigenvalue weighted by atomic mass is 10.4. The number of ether oxygens (including phenoxy) is 1. The van der Waals surface area contributed by atoms with E-state index in [1.54, 1.807) is 10.9 Å².